The average molecular weight is 392 g/mol. The second kappa shape index (κ2) is 9.43. The molecule has 0 aliphatic carbocycles. The fourth-order valence-corrected chi connectivity index (χ4v) is 3.68. The van der Waals surface area contributed by atoms with E-state index in [1.807, 2.05) is 4.90 Å². The molecule has 2 saturated heterocycles. The van der Waals surface area contributed by atoms with Crippen molar-refractivity contribution >= 4 is 11.9 Å². The minimum Gasteiger partial charge on any atom is -0.459 e. The number of ether oxygens (including phenoxy) is 1. The van der Waals surface area contributed by atoms with Crippen LogP contribution >= 0.6 is 0 Å². The van der Waals surface area contributed by atoms with Crippen molar-refractivity contribution in [2.75, 3.05) is 65.6 Å². The minimum atomic E-state index is -0.0406. The summed E-state index contributed by atoms with van der Waals surface area (Å²) < 4.78 is 10.8. The Hall–Kier alpha value is -2.06. The van der Waals surface area contributed by atoms with Gasteiger partial charge in [-0.3, -0.25) is 14.7 Å². The summed E-state index contributed by atoms with van der Waals surface area (Å²) in [5, 5.41) is 3.39. The minimum absolute atomic E-state index is 0.0406. The van der Waals surface area contributed by atoms with Gasteiger partial charge in [0.2, 0.25) is 0 Å². The number of amides is 1. The molecule has 3 heterocycles. The van der Waals surface area contributed by atoms with E-state index in [1.54, 1.807) is 12.1 Å². The third-order valence-electron chi connectivity index (χ3n) is 5.38. The maximum Gasteiger partial charge on any atom is 0.289 e. The number of guanidine groups is 1. The fraction of sp³-hybridized carbons (Fsp3) is 0.700. The molecule has 0 atom stereocenters. The Bertz CT molecular complexity index is 651. The highest BCUT2D eigenvalue weighted by molar-refractivity contribution is 5.91. The number of aliphatic imine (C=N–C) groups is 1. The SMILES string of the molecule is CCNC(=NCCN1CCOCC1(C)C)N1CCN(C(=O)c2ccco2)CC1. The molecule has 1 N–H and O–H groups in total. The second-order valence-electron chi connectivity index (χ2n) is 7.84. The maximum atomic E-state index is 12.4. The zero-order valence-electron chi connectivity index (χ0n) is 17.3. The van der Waals surface area contributed by atoms with E-state index in [9.17, 15) is 4.79 Å². The van der Waals surface area contributed by atoms with Crippen molar-refractivity contribution in [3.8, 4) is 0 Å². The Morgan fingerprint density at radius 3 is 2.61 bits per heavy atom. The van der Waals surface area contributed by atoms with Gasteiger partial charge < -0.3 is 24.3 Å². The van der Waals surface area contributed by atoms with Crippen molar-refractivity contribution in [2.45, 2.75) is 26.3 Å². The number of furan rings is 1. The van der Waals surface area contributed by atoms with Crippen LogP contribution in [0.2, 0.25) is 0 Å². The van der Waals surface area contributed by atoms with Crippen LogP contribution in [0, 0.1) is 0 Å². The molecule has 28 heavy (non-hydrogen) atoms. The summed E-state index contributed by atoms with van der Waals surface area (Å²) in [5.41, 5.74) is 0.0595. The highest BCUT2D eigenvalue weighted by Gasteiger charge is 2.30. The molecule has 0 spiro atoms. The number of carbonyl (C=O) groups is 1. The Labute approximate surface area is 167 Å². The van der Waals surface area contributed by atoms with E-state index in [-0.39, 0.29) is 11.4 Å². The van der Waals surface area contributed by atoms with Gasteiger partial charge in [0.05, 0.1) is 26.0 Å². The first kappa shape index (κ1) is 20.7. The highest BCUT2D eigenvalue weighted by atomic mass is 16.5. The molecular formula is C20H33N5O3. The largest absolute Gasteiger partial charge is 0.459 e. The van der Waals surface area contributed by atoms with Crippen molar-refractivity contribution in [1.82, 2.24) is 20.0 Å². The van der Waals surface area contributed by atoms with Gasteiger partial charge in [0, 0.05) is 51.4 Å². The number of nitrogens with zero attached hydrogens (tertiary/aromatic N) is 4. The van der Waals surface area contributed by atoms with Crippen LogP contribution in [0.15, 0.2) is 27.8 Å². The monoisotopic (exact) mass is 391 g/mol. The van der Waals surface area contributed by atoms with Gasteiger partial charge in [0.1, 0.15) is 0 Å². The lowest BCUT2D eigenvalue weighted by molar-refractivity contribution is -0.0491. The summed E-state index contributed by atoms with van der Waals surface area (Å²) >= 11 is 0. The number of piperazine rings is 1. The lowest BCUT2D eigenvalue weighted by atomic mass is 10.0. The van der Waals surface area contributed by atoms with Gasteiger partial charge in [-0.05, 0) is 32.9 Å². The molecule has 8 nitrogen and oxygen atoms in total. The standard InChI is InChI=1S/C20H33N5O3/c1-4-21-19(22-7-8-25-13-15-27-16-20(25,2)3)24-11-9-23(10-12-24)18(26)17-6-5-14-28-17/h5-6,14H,4,7-13,15-16H2,1-3H3,(H,21,22). The van der Waals surface area contributed by atoms with Crippen molar-refractivity contribution in [2.24, 2.45) is 4.99 Å². The first-order valence-corrected chi connectivity index (χ1v) is 10.2. The highest BCUT2D eigenvalue weighted by Crippen LogP contribution is 2.18. The molecule has 0 bridgehead atoms. The predicted octanol–water partition coefficient (Wildman–Crippen LogP) is 1.11. The number of carbonyl (C=O) groups excluding carboxylic acids is 1. The lowest BCUT2D eigenvalue weighted by Gasteiger charge is -2.42. The summed E-state index contributed by atoms with van der Waals surface area (Å²) in [6, 6.07) is 3.46. The smallest absolute Gasteiger partial charge is 0.289 e. The molecule has 156 valence electrons. The number of hydrogen-bond donors (Lipinski definition) is 1. The van der Waals surface area contributed by atoms with Crippen molar-refractivity contribution < 1.29 is 13.9 Å². The van der Waals surface area contributed by atoms with Crippen LogP contribution in [0.25, 0.3) is 0 Å². The lowest BCUT2D eigenvalue weighted by Crippen LogP contribution is -2.55. The number of rotatable bonds is 5. The topological polar surface area (TPSA) is 73.6 Å². The quantitative estimate of drug-likeness (QED) is 0.599. The van der Waals surface area contributed by atoms with Crippen LogP contribution < -0.4 is 5.32 Å². The first-order valence-electron chi connectivity index (χ1n) is 10.2. The first-order chi connectivity index (χ1) is 13.5. The molecule has 3 rings (SSSR count). The summed E-state index contributed by atoms with van der Waals surface area (Å²) in [6.07, 6.45) is 1.54. The summed E-state index contributed by atoms with van der Waals surface area (Å²) in [4.78, 5) is 23.8. The number of nitrogens with one attached hydrogen (secondary N) is 1. The van der Waals surface area contributed by atoms with Crippen LogP contribution in [-0.2, 0) is 4.74 Å². The molecule has 1 aromatic rings. The molecule has 0 unspecified atom stereocenters. The molecule has 2 aliphatic rings. The summed E-state index contributed by atoms with van der Waals surface area (Å²) in [7, 11) is 0. The molecule has 0 saturated carbocycles. The van der Waals surface area contributed by atoms with Crippen LogP contribution in [0.4, 0.5) is 0 Å². The molecule has 1 aromatic heterocycles. The molecule has 0 radical (unpaired) electrons. The van der Waals surface area contributed by atoms with Crippen molar-refractivity contribution in [3.63, 3.8) is 0 Å². The predicted molar refractivity (Wildman–Crippen MR) is 109 cm³/mol. The molecular weight excluding hydrogens is 358 g/mol. The van der Waals surface area contributed by atoms with Gasteiger partial charge in [-0.15, -0.1) is 0 Å². The van der Waals surface area contributed by atoms with E-state index in [2.05, 4.69) is 35.9 Å². The summed E-state index contributed by atoms with van der Waals surface area (Å²) in [5.74, 6) is 1.29. The van der Waals surface area contributed by atoms with E-state index in [0.29, 0.717) is 18.8 Å². The van der Waals surface area contributed by atoms with Gasteiger partial charge in [-0.25, -0.2) is 0 Å². The average Bonchev–Trinajstić information content (AvgIpc) is 3.23. The van der Waals surface area contributed by atoms with Crippen molar-refractivity contribution in [1.29, 1.82) is 0 Å². The third-order valence-corrected chi connectivity index (χ3v) is 5.38. The van der Waals surface area contributed by atoms with Gasteiger partial charge in [-0.2, -0.15) is 0 Å². The normalized spacial score (nSPS) is 21.0. The van der Waals surface area contributed by atoms with Crippen LogP contribution in [0.1, 0.15) is 31.3 Å². The zero-order chi connectivity index (χ0) is 20.0. The maximum absolute atomic E-state index is 12.4. The molecule has 2 aliphatic heterocycles. The van der Waals surface area contributed by atoms with E-state index in [1.165, 1.54) is 6.26 Å². The Balaban J connectivity index is 1.52. The zero-order valence-corrected chi connectivity index (χ0v) is 17.3. The Kier molecular flexibility index (Phi) is 6.96. The Morgan fingerprint density at radius 1 is 1.21 bits per heavy atom. The van der Waals surface area contributed by atoms with Crippen LogP contribution in [0.3, 0.4) is 0 Å². The van der Waals surface area contributed by atoms with E-state index in [4.69, 9.17) is 14.1 Å². The van der Waals surface area contributed by atoms with E-state index < -0.39 is 0 Å². The number of hydrogen-bond acceptors (Lipinski definition) is 5. The molecule has 0 aromatic carbocycles. The van der Waals surface area contributed by atoms with Crippen LogP contribution in [0.5, 0.6) is 0 Å². The fourth-order valence-electron chi connectivity index (χ4n) is 3.68. The second-order valence-corrected chi connectivity index (χ2v) is 7.84. The van der Waals surface area contributed by atoms with Gasteiger partial charge in [-0.1, -0.05) is 0 Å². The van der Waals surface area contributed by atoms with Crippen molar-refractivity contribution in [3.05, 3.63) is 24.2 Å². The Morgan fingerprint density at radius 2 is 1.96 bits per heavy atom. The number of morpholine rings is 1. The summed E-state index contributed by atoms with van der Waals surface area (Å²) in [6.45, 7) is 14.4. The molecule has 8 heteroatoms. The van der Waals surface area contributed by atoms with Gasteiger partial charge in [0.25, 0.3) is 5.91 Å². The third kappa shape index (κ3) is 5.05. The molecule has 1 amide bonds. The van der Waals surface area contributed by atoms with E-state index in [0.717, 1.165) is 58.4 Å². The van der Waals surface area contributed by atoms with Gasteiger partial charge >= 0.3 is 0 Å². The van der Waals surface area contributed by atoms with Crippen LogP contribution in [-0.4, -0.2) is 97.7 Å². The van der Waals surface area contributed by atoms with Gasteiger partial charge in [0.15, 0.2) is 11.7 Å². The molecule has 2 fully saturated rings. The van der Waals surface area contributed by atoms with E-state index >= 15 is 0 Å².